The van der Waals surface area contributed by atoms with Gasteiger partial charge in [0.05, 0.1) is 22.4 Å². The molecule has 4 heteroatoms. The molecule has 0 aliphatic heterocycles. The third kappa shape index (κ3) is 3.87. The van der Waals surface area contributed by atoms with Crippen molar-refractivity contribution >= 4 is 5.97 Å². The minimum atomic E-state index is -0.462. The van der Waals surface area contributed by atoms with E-state index >= 15 is 0 Å². The van der Waals surface area contributed by atoms with Crippen LogP contribution in [-0.2, 0) is 19.0 Å². The van der Waals surface area contributed by atoms with Gasteiger partial charge in [-0.05, 0) is 70.6 Å². The third-order valence-corrected chi connectivity index (χ3v) is 9.76. The van der Waals surface area contributed by atoms with Crippen LogP contribution in [0.1, 0.15) is 124 Å². The predicted molar refractivity (Wildman–Crippen MR) is 125 cm³/mol. The van der Waals surface area contributed by atoms with Crippen molar-refractivity contribution in [2.24, 2.45) is 5.92 Å². The van der Waals surface area contributed by atoms with Crippen LogP contribution in [0.2, 0.25) is 0 Å². The second-order valence-corrected chi connectivity index (χ2v) is 12.4. The van der Waals surface area contributed by atoms with E-state index in [1.54, 1.807) is 6.92 Å². The minimum Gasteiger partial charge on any atom is -0.455 e. The van der Waals surface area contributed by atoms with Crippen LogP contribution in [0, 0.1) is 5.92 Å². The molecule has 4 nitrogen and oxygen atoms in total. The topological polar surface area (TPSA) is 44.8 Å². The maximum absolute atomic E-state index is 12.8. The lowest BCUT2D eigenvalue weighted by Gasteiger charge is -2.67. The highest BCUT2D eigenvalue weighted by atomic mass is 16.6. The number of rotatable bonds is 8. The molecule has 32 heavy (non-hydrogen) atoms. The Hall–Kier alpha value is -0.870. The van der Waals surface area contributed by atoms with Crippen molar-refractivity contribution in [1.29, 1.82) is 0 Å². The van der Waals surface area contributed by atoms with Gasteiger partial charge < -0.3 is 14.2 Å². The Morgan fingerprint density at radius 3 is 1.59 bits per heavy atom. The second-order valence-electron chi connectivity index (χ2n) is 12.4. The molecular weight excluding hydrogens is 400 g/mol. The van der Waals surface area contributed by atoms with Gasteiger partial charge in [-0.25, -0.2) is 4.79 Å². The van der Waals surface area contributed by atoms with Crippen molar-refractivity contribution in [1.82, 2.24) is 0 Å². The molecule has 6 aliphatic rings. The van der Waals surface area contributed by atoms with E-state index in [-0.39, 0.29) is 28.4 Å². The number of hydrogen-bond donors (Lipinski definition) is 0. The number of esters is 1. The van der Waals surface area contributed by atoms with Gasteiger partial charge >= 0.3 is 5.97 Å². The first-order valence-corrected chi connectivity index (χ1v) is 13.5. The van der Waals surface area contributed by atoms with Crippen LogP contribution >= 0.6 is 0 Å². The molecule has 0 amide bonds. The molecule has 6 rings (SSSR count). The maximum atomic E-state index is 12.8. The Kier molecular flexibility index (Phi) is 5.61. The SMILES string of the molecule is C=C(C)C(=O)OC12CC3CC(OC4(CC)CCCC4)(C1)CC(OC1(CC)CCCC1)(C3)C2. The predicted octanol–water partition coefficient (Wildman–Crippen LogP) is 6.80. The zero-order chi connectivity index (χ0) is 22.7. The molecule has 6 fully saturated rings. The van der Waals surface area contributed by atoms with Crippen LogP contribution in [0.4, 0.5) is 0 Å². The van der Waals surface area contributed by atoms with E-state index in [0.29, 0.717) is 11.5 Å². The third-order valence-electron chi connectivity index (χ3n) is 9.76. The Morgan fingerprint density at radius 1 is 0.781 bits per heavy atom. The summed E-state index contributed by atoms with van der Waals surface area (Å²) < 4.78 is 20.9. The average Bonchev–Trinajstić information content (AvgIpc) is 3.36. The molecule has 4 bridgehead atoms. The van der Waals surface area contributed by atoms with E-state index in [9.17, 15) is 4.79 Å². The van der Waals surface area contributed by atoms with Crippen molar-refractivity contribution in [2.45, 2.75) is 152 Å². The van der Waals surface area contributed by atoms with E-state index in [4.69, 9.17) is 14.2 Å². The summed E-state index contributed by atoms with van der Waals surface area (Å²) in [6.45, 7) is 10.2. The van der Waals surface area contributed by atoms with Crippen molar-refractivity contribution in [3.8, 4) is 0 Å². The van der Waals surface area contributed by atoms with E-state index in [1.807, 2.05) is 0 Å². The lowest BCUT2D eigenvalue weighted by atomic mass is 9.50. The molecule has 180 valence electrons. The van der Waals surface area contributed by atoms with E-state index in [0.717, 1.165) is 51.4 Å². The van der Waals surface area contributed by atoms with Gasteiger partial charge in [-0.1, -0.05) is 46.1 Å². The van der Waals surface area contributed by atoms with E-state index < -0.39 is 5.60 Å². The maximum Gasteiger partial charge on any atom is 0.333 e. The summed E-state index contributed by atoms with van der Waals surface area (Å²) in [6, 6.07) is 0. The Bertz CT molecular complexity index is 715. The molecular formula is C28H44O4. The van der Waals surface area contributed by atoms with Gasteiger partial charge in [0.15, 0.2) is 0 Å². The summed E-state index contributed by atoms with van der Waals surface area (Å²) in [7, 11) is 0. The second kappa shape index (κ2) is 7.83. The zero-order valence-electron chi connectivity index (χ0n) is 20.7. The van der Waals surface area contributed by atoms with Gasteiger partial charge in [-0.2, -0.15) is 0 Å². The number of carbonyl (C=O) groups is 1. The normalized spacial score (nSPS) is 41.2. The number of hydrogen-bond acceptors (Lipinski definition) is 4. The lowest BCUT2D eigenvalue weighted by molar-refractivity contribution is -0.323. The summed E-state index contributed by atoms with van der Waals surface area (Å²) in [4.78, 5) is 12.8. The molecule has 0 spiro atoms. The van der Waals surface area contributed by atoms with Crippen LogP contribution in [0.3, 0.4) is 0 Å². The summed E-state index contributed by atoms with van der Waals surface area (Å²) in [5, 5.41) is 0. The van der Waals surface area contributed by atoms with Crippen LogP contribution in [0.15, 0.2) is 12.2 Å². The molecule has 6 saturated carbocycles. The smallest absolute Gasteiger partial charge is 0.333 e. The highest BCUT2D eigenvalue weighted by molar-refractivity contribution is 5.87. The monoisotopic (exact) mass is 444 g/mol. The van der Waals surface area contributed by atoms with Gasteiger partial charge in [0.25, 0.3) is 0 Å². The summed E-state index contributed by atoms with van der Waals surface area (Å²) in [6.07, 6.45) is 17.7. The molecule has 0 aromatic heterocycles. The number of carbonyl (C=O) groups excluding carboxylic acids is 1. The highest BCUT2D eigenvalue weighted by Gasteiger charge is 2.68. The summed E-state index contributed by atoms with van der Waals surface area (Å²) in [5.74, 6) is 0.268. The zero-order valence-corrected chi connectivity index (χ0v) is 20.7. The van der Waals surface area contributed by atoms with Crippen LogP contribution in [0.5, 0.6) is 0 Å². The first-order valence-electron chi connectivity index (χ1n) is 13.5. The fraction of sp³-hybridized carbons (Fsp3) is 0.893. The largest absolute Gasteiger partial charge is 0.455 e. The summed E-state index contributed by atoms with van der Waals surface area (Å²) >= 11 is 0. The minimum absolute atomic E-state index is 0.00220. The Balaban J connectivity index is 1.50. The van der Waals surface area contributed by atoms with Gasteiger partial charge in [0.2, 0.25) is 0 Å². The van der Waals surface area contributed by atoms with Crippen LogP contribution < -0.4 is 0 Å². The molecule has 0 N–H and O–H groups in total. The molecule has 0 aromatic rings. The fourth-order valence-corrected chi connectivity index (χ4v) is 8.81. The molecule has 0 heterocycles. The number of ether oxygens (including phenoxy) is 3. The standard InChI is InChI=1S/C28H44O4/c1-5-24(11-7-8-12-24)31-27-16-22-15-26(18-27,30-23(29)21(3)4)19-28(17-22,20-27)32-25(6-2)13-9-10-14-25/h22H,3,5-20H2,1-2,4H3. The van der Waals surface area contributed by atoms with Crippen molar-refractivity contribution in [3.05, 3.63) is 12.2 Å². The first-order chi connectivity index (χ1) is 15.2. The van der Waals surface area contributed by atoms with Gasteiger partial charge in [0, 0.05) is 24.8 Å². The van der Waals surface area contributed by atoms with Crippen molar-refractivity contribution in [3.63, 3.8) is 0 Å². The Morgan fingerprint density at radius 2 is 1.19 bits per heavy atom. The van der Waals surface area contributed by atoms with E-state index in [2.05, 4.69) is 20.4 Å². The molecule has 0 saturated heterocycles. The van der Waals surface area contributed by atoms with Crippen molar-refractivity contribution < 1.29 is 19.0 Å². The first kappa shape index (κ1) is 22.9. The molecule has 2 atom stereocenters. The van der Waals surface area contributed by atoms with Gasteiger partial charge in [-0.3, -0.25) is 0 Å². The average molecular weight is 445 g/mol. The lowest BCUT2D eigenvalue weighted by Crippen LogP contribution is -2.70. The van der Waals surface area contributed by atoms with Crippen LogP contribution in [-0.4, -0.2) is 34.0 Å². The molecule has 0 radical (unpaired) electrons. The Labute approximate surface area is 194 Å². The fourth-order valence-electron chi connectivity index (χ4n) is 8.81. The quantitative estimate of drug-likeness (QED) is 0.305. The summed E-state index contributed by atoms with van der Waals surface area (Å²) in [5.41, 5.74) is -0.404. The molecule has 2 unspecified atom stereocenters. The van der Waals surface area contributed by atoms with E-state index in [1.165, 1.54) is 51.4 Å². The highest BCUT2D eigenvalue weighted by Crippen LogP contribution is 2.65. The molecule has 6 aliphatic carbocycles. The van der Waals surface area contributed by atoms with Crippen molar-refractivity contribution in [2.75, 3.05) is 0 Å². The van der Waals surface area contributed by atoms with Gasteiger partial charge in [0.1, 0.15) is 5.60 Å². The van der Waals surface area contributed by atoms with Gasteiger partial charge in [-0.15, -0.1) is 0 Å². The molecule has 0 aromatic carbocycles. The van der Waals surface area contributed by atoms with Crippen LogP contribution in [0.25, 0.3) is 0 Å².